The van der Waals surface area contributed by atoms with Crippen molar-refractivity contribution in [3.05, 3.63) is 59.7 Å². The zero-order valence-corrected chi connectivity index (χ0v) is 16.4. The van der Waals surface area contributed by atoms with E-state index in [4.69, 9.17) is 0 Å². The first-order chi connectivity index (χ1) is 12.8. The van der Waals surface area contributed by atoms with Gasteiger partial charge in [0.1, 0.15) is 0 Å². The van der Waals surface area contributed by atoms with Crippen molar-refractivity contribution in [3.8, 4) is 0 Å². The number of nitrogens with zero attached hydrogens (tertiary/aromatic N) is 1. The number of hydrogen-bond donors (Lipinski definition) is 2. The van der Waals surface area contributed by atoms with Crippen LogP contribution >= 0.6 is 0 Å². The summed E-state index contributed by atoms with van der Waals surface area (Å²) in [6.07, 6.45) is 1.84. The van der Waals surface area contributed by atoms with Crippen molar-refractivity contribution in [1.29, 1.82) is 0 Å². The molecule has 0 aliphatic carbocycles. The molecule has 2 N–H and O–H groups in total. The van der Waals surface area contributed by atoms with Crippen molar-refractivity contribution in [2.75, 3.05) is 24.9 Å². The number of carbonyl (C=O) groups excluding carboxylic acids is 1. The Kier molecular flexibility index (Phi) is 5.82. The van der Waals surface area contributed by atoms with Crippen LogP contribution < -0.4 is 10.0 Å². The number of rotatable bonds is 5. The molecule has 7 heteroatoms. The van der Waals surface area contributed by atoms with Gasteiger partial charge in [0.05, 0.1) is 4.90 Å². The number of carbonyl (C=O) groups is 1. The molecule has 0 bridgehead atoms. The maximum atomic E-state index is 12.5. The predicted molar refractivity (Wildman–Crippen MR) is 106 cm³/mol. The molecule has 3 rings (SSSR count). The standard InChI is InChI=1S/C20H25N3O3S/c1-15-6-8-19(9-7-15)27(25,26)22-18-5-3-4-16(14-18)20(24)21-17-10-12-23(2)13-11-17/h3-9,14,17,22H,10-13H2,1-2H3,(H,21,24). The van der Waals surface area contributed by atoms with E-state index in [9.17, 15) is 13.2 Å². The summed E-state index contributed by atoms with van der Waals surface area (Å²) in [7, 11) is -1.62. The third-order valence-corrected chi connectivity index (χ3v) is 6.16. The quantitative estimate of drug-likeness (QED) is 0.827. The first-order valence-corrected chi connectivity index (χ1v) is 10.5. The van der Waals surface area contributed by atoms with Gasteiger partial charge in [-0.25, -0.2) is 8.42 Å². The van der Waals surface area contributed by atoms with Crippen LogP contribution in [-0.2, 0) is 10.0 Å². The highest BCUT2D eigenvalue weighted by Crippen LogP contribution is 2.18. The topological polar surface area (TPSA) is 78.5 Å². The molecule has 1 aliphatic heterocycles. The van der Waals surface area contributed by atoms with E-state index >= 15 is 0 Å². The van der Waals surface area contributed by atoms with Crippen LogP contribution in [0.5, 0.6) is 0 Å². The molecule has 0 unspecified atom stereocenters. The predicted octanol–water partition coefficient (Wildman–Crippen LogP) is 2.62. The number of anilines is 1. The second-order valence-corrected chi connectivity index (χ2v) is 8.73. The van der Waals surface area contributed by atoms with Gasteiger partial charge in [-0.1, -0.05) is 23.8 Å². The molecule has 1 heterocycles. The van der Waals surface area contributed by atoms with Crippen LogP contribution in [0.3, 0.4) is 0 Å². The monoisotopic (exact) mass is 387 g/mol. The largest absolute Gasteiger partial charge is 0.349 e. The first kappa shape index (κ1) is 19.4. The normalized spacial score (nSPS) is 16.1. The Morgan fingerprint density at radius 3 is 2.41 bits per heavy atom. The number of likely N-dealkylation sites (tertiary alicyclic amines) is 1. The maximum Gasteiger partial charge on any atom is 0.261 e. The SMILES string of the molecule is Cc1ccc(S(=O)(=O)Nc2cccc(C(=O)NC3CCN(C)CC3)c2)cc1. The molecule has 1 amide bonds. The van der Waals surface area contributed by atoms with Gasteiger partial charge in [-0.15, -0.1) is 0 Å². The fraction of sp³-hybridized carbons (Fsp3) is 0.350. The summed E-state index contributed by atoms with van der Waals surface area (Å²) in [6.45, 7) is 3.82. The lowest BCUT2D eigenvalue weighted by molar-refractivity contribution is 0.0917. The molecule has 0 aromatic heterocycles. The summed E-state index contributed by atoms with van der Waals surface area (Å²) in [4.78, 5) is 14.9. The fourth-order valence-electron chi connectivity index (χ4n) is 3.08. The molecule has 27 heavy (non-hydrogen) atoms. The third-order valence-electron chi connectivity index (χ3n) is 4.76. The van der Waals surface area contributed by atoms with Gasteiger partial charge in [-0.3, -0.25) is 9.52 Å². The van der Waals surface area contributed by atoms with Crippen molar-refractivity contribution in [1.82, 2.24) is 10.2 Å². The maximum absolute atomic E-state index is 12.5. The van der Waals surface area contributed by atoms with Crippen LogP contribution in [0.25, 0.3) is 0 Å². The lowest BCUT2D eigenvalue weighted by Gasteiger charge is -2.29. The van der Waals surface area contributed by atoms with Gasteiger partial charge >= 0.3 is 0 Å². The van der Waals surface area contributed by atoms with E-state index in [0.29, 0.717) is 11.3 Å². The molecule has 0 atom stereocenters. The van der Waals surface area contributed by atoms with Gasteiger partial charge in [0.15, 0.2) is 0 Å². The van der Waals surface area contributed by atoms with Gasteiger partial charge in [0.2, 0.25) is 0 Å². The molecule has 2 aromatic rings. The number of hydrogen-bond acceptors (Lipinski definition) is 4. The summed E-state index contributed by atoms with van der Waals surface area (Å²) in [5, 5.41) is 3.04. The van der Waals surface area contributed by atoms with Crippen molar-refractivity contribution < 1.29 is 13.2 Å². The van der Waals surface area contributed by atoms with Gasteiger partial charge in [0, 0.05) is 17.3 Å². The lowest BCUT2D eigenvalue weighted by atomic mass is 10.0. The summed E-state index contributed by atoms with van der Waals surface area (Å²) in [6, 6.07) is 13.4. The van der Waals surface area contributed by atoms with E-state index in [1.54, 1.807) is 48.5 Å². The smallest absolute Gasteiger partial charge is 0.261 e. The zero-order chi connectivity index (χ0) is 19.4. The number of amides is 1. The number of piperidine rings is 1. The van der Waals surface area contributed by atoms with Gasteiger partial charge in [-0.2, -0.15) is 0 Å². The molecule has 0 radical (unpaired) electrons. The Labute approximate surface area is 160 Å². The molecule has 2 aromatic carbocycles. The Hall–Kier alpha value is -2.38. The molecular weight excluding hydrogens is 362 g/mol. The van der Waals surface area contributed by atoms with Crippen LogP contribution in [0.1, 0.15) is 28.8 Å². The molecule has 1 saturated heterocycles. The minimum absolute atomic E-state index is 0.154. The number of aryl methyl sites for hydroxylation is 1. The van der Waals surface area contributed by atoms with Gasteiger partial charge in [-0.05, 0) is 70.2 Å². The van der Waals surface area contributed by atoms with E-state index < -0.39 is 10.0 Å². The third kappa shape index (κ3) is 5.08. The lowest BCUT2D eigenvalue weighted by Crippen LogP contribution is -2.43. The summed E-state index contributed by atoms with van der Waals surface area (Å²) < 4.78 is 27.6. The Bertz CT molecular complexity index is 902. The minimum Gasteiger partial charge on any atom is -0.349 e. The Morgan fingerprint density at radius 2 is 1.74 bits per heavy atom. The molecule has 1 aliphatic rings. The van der Waals surface area contributed by atoms with Crippen molar-refractivity contribution in [2.24, 2.45) is 0 Å². The number of sulfonamides is 1. The summed E-state index contributed by atoms with van der Waals surface area (Å²) in [5.41, 5.74) is 1.80. The average molecular weight is 388 g/mol. The molecule has 6 nitrogen and oxygen atoms in total. The molecule has 0 spiro atoms. The Balaban J connectivity index is 1.69. The van der Waals surface area contributed by atoms with E-state index in [0.717, 1.165) is 31.5 Å². The van der Waals surface area contributed by atoms with Gasteiger partial charge in [0.25, 0.3) is 15.9 Å². The first-order valence-electron chi connectivity index (χ1n) is 9.02. The fourth-order valence-corrected chi connectivity index (χ4v) is 4.13. The average Bonchev–Trinajstić information content (AvgIpc) is 2.64. The highest BCUT2D eigenvalue weighted by molar-refractivity contribution is 7.92. The van der Waals surface area contributed by atoms with Crippen LogP contribution in [0.15, 0.2) is 53.4 Å². The van der Waals surface area contributed by atoms with Crippen molar-refractivity contribution >= 4 is 21.6 Å². The highest BCUT2D eigenvalue weighted by atomic mass is 32.2. The molecule has 144 valence electrons. The zero-order valence-electron chi connectivity index (χ0n) is 15.6. The van der Waals surface area contributed by atoms with E-state index in [1.807, 2.05) is 6.92 Å². The second kappa shape index (κ2) is 8.10. The van der Waals surface area contributed by atoms with Crippen LogP contribution in [-0.4, -0.2) is 45.4 Å². The van der Waals surface area contributed by atoms with Gasteiger partial charge < -0.3 is 10.2 Å². The van der Waals surface area contributed by atoms with Crippen LogP contribution in [0.4, 0.5) is 5.69 Å². The number of nitrogens with one attached hydrogen (secondary N) is 2. The highest BCUT2D eigenvalue weighted by Gasteiger charge is 2.20. The molecule has 0 saturated carbocycles. The Morgan fingerprint density at radius 1 is 1.07 bits per heavy atom. The second-order valence-electron chi connectivity index (χ2n) is 7.05. The molecule has 1 fully saturated rings. The minimum atomic E-state index is -3.69. The van der Waals surface area contributed by atoms with E-state index in [1.165, 1.54) is 0 Å². The van der Waals surface area contributed by atoms with Crippen molar-refractivity contribution in [2.45, 2.75) is 30.7 Å². The van der Waals surface area contributed by atoms with Crippen molar-refractivity contribution in [3.63, 3.8) is 0 Å². The van der Waals surface area contributed by atoms with E-state index in [-0.39, 0.29) is 16.8 Å². The van der Waals surface area contributed by atoms with Crippen LogP contribution in [0.2, 0.25) is 0 Å². The summed E-state index contributed by atoms with van der Waals surface area (Å²) >= 11 is 0. The van der Waals surface area contributed by atoms with E-state index in [2.05, 4.69) is 22.0 Å². The number of benzene rings is 2. The summed E-state index contributed by atoms with van der Waals surface area (Å²) in [5.74, 6) is -0.180. The van der Waals surface area contributed by atoms with Crippen LogP contribution in [0, 0.1) is 6.92 Å². The molecular formula is C20H25N3O3S.